The first-order chi connectivity index (χ1) is 8.90. The summed E-state index contributed by atoms with van der Waals surface area (Å²) in [6.07, 6.45) is 6.87. The van der Waals surface area contributed by atoms with Gasteiger partial charge in [-0.3, -0.25) is 12.2 Å². The third kappa shape index (κ3) is 4.29. The van der Waals surface area contributed by atoms with E-state index in [1.807, 2.05) is 0 Å². The van der Waals surface area contributed by atoms with E-state index in [9.17, 15) is 0 Å². The SMILES string of the molecule is CC1=[C-]C(C)(C)C(C)=C1C.CC1=[C-]C(C)(C)C(C)=C1C.[Zn+2]. The van der Waals surface area contributed by atoms with Gasteiger partial charge in [-0.25, -0.2) is 11.1 Å². The molecule has 0 saturated heterocycles. The van der Waals surface area contributed by atoms with Gasteiger partial charge < -0.3 is 0 Å². The Kier molecular flexibility index (Phi) is 6.65. The van der Waals surface area contributed by atoms with Crippen molar-refractivity contribution in [3.8, 4) is 0 Å². The molecular weight excluding hydrogens is 306 g/mol. The molecular formula is C20H30Zn. The van der Waals surface area contributed by atoms with Crippen molar-refractivity contribution < 1.29 is 19.5 Å². The van der Waals surface area contributed by atoms with Crippen LogP contribution in [0.25, 0.3) is 0 Å². The zero-order valence-electron chi connectivity index (χ0n) is 15.7. The molecule has 21 heavy (non-hydrogen) atoms. The Morgan fingerprint density at radius 2 is 0.810 bits per heavy atom. The van der Waals surface area contributed by atoms with E-state index in [0.717, 1.165) is 0 Å². The fourth-order valence-corrected chi connectivity index (χ4v) is 2.81. The van der Waals surface area contributed by atoms with Crippen LogP contribution in [0.1, 0.15) is 69.2 Å². The molecule has 2 aliphatic rings. The van der Waals surface area contributed by atoms with Crippen molar-refractivity contribution in [1.82, 2.24) is 0 Å². The van der Waals surface area contributed by atoms with Crippen molar-refractivity contribution >= 4 is 0 Å². The normalized spacial score (nSPS) is 22.4. The first-order valence-electron chi connectivity index (χ1n) is 7.50. The van der Waals surface area contributed by atoms with Crippen molar-refractivity contribution in [3.63, 3.8) is 0 Å². The van der Waals surface area contributed by atoms with Crippen LogP contribution < -0.4 is 0 Å². The third-order valence-corrected chi connectivity index (χ3v) is 5.12. The molecule has 0 nitrogen and oxygen atoms in total. The quantitative estimate of drug-likeness (QED) is 0.364. The standard InChI is InChI=1S/2C10H15.Zn/c2*1-7-6-10(4,5)9(3)8(7)2;/h2*1-5H3;/q2*-1;+2. The van der Waals surface area contributed by atoms with Crippen LogP contribution in [-0.4, -0.2) is 0 Å². The minimum atomic E-state index is 0. The summed E-state index contributed by atoms with van der Waals surface area (Å²) in [7, 11) is 0. The molecule has 0 amide bonds. The summed E-state index contributed by atoms with van der Waals surface area (Å²) in [5.41, 5.74) is 8.79. The molecule has 0 aliphatic heterocycles. The van der Waals surface area contributed by atoms with E-state index in [1.54, 1.807) is 0 Å². The average Bonchev–Trinajstić information content (AvgIpc) is 2.60. The summed E-state index contributed by atoms with van der Waals surface area (Å²) < 4.78 is 0. The van der Waals surface area contributed by atoms with Gasteiger partial charge in [0.2, 0.25) is 0 Å². The zero-order chi connectivity index (χ0) is 15.9. The van der Waals surface area contributed by atoms with Gasteiger partial charge in [0.15, 0.2) is 0 Å². The van der Waals surface area contributed by atoms with E-state index < -0.39 is 0 Å². The van der Waals surface area contributed by atoms with Gasteiger partial charge in [0.1, 0.15) is 0 Å². The summed E-state index contributed by atoms with van der Waals surface area (Å²) in [5.74, 6) is 0. The Hall–Kier alpha value is -0.417. The molecule has 0 unspecified atom stereocenters. The van der Waals surface area contributed by atoms with Crippen LogP contribution >= 0.6 is 0 Å². The molecule has 0 fully saturated rings. The predicted octanol–water partition coefficient (Wildman–Crippen LogP) is 6.22. The molecule has 2 rings (SSSR count). The van der Waals surface area contributed by atoms with Gasteiger partial charge in [-0.1, -0.05) is 66.2 Å². The van der Waals surface area contributed by atoms with Crippen LogP contribution in [0.3, 0.4) is 0 Å². The fraction of sp³-hybridized carbons (Fsp3) is 0.600. The van der Waals surface area contributed by atoms with E-state index in [2.05, 4.69) is 81.4 Å². The second-order valence-electron chi connectivity index (χ2n) is 7.25. The molecule has 1 heteroatoms. The van der Waals surface area contributed by atoms with Crippen LogP contribution in [0.4, 0.5) is 0 Å². The van der Waals surface area contributed by atoms with E-state index >= 15 is 0 Å². The molecule has 0 bridgehead atoms. The van der Waals surface area contributed by atoms with E-state index in [-0.39, 0.29) is 30.3 Å². The number of hydrogen-bond donors (Lipinski definition) is 0. The smallest absolute Gasteiger partial charge is 0.263 e. The molecule has 2 aliphatic carbocycles. The number of allylic oxidation sites excluding steroid dienone is 8. The van der Waals surface area contributed by atoms with E-state index in [0.29, 0.717) is 0 Å². The Morgan fingerprint density at radius 3 is 0.857 bits per heavy atom. The molecule has 0 N–H and O–H groups in total. The summed E-state index contributed by atoms with van der Waals surface area (Å²) >= 11 is 0. The maximum Gasteiger partial charge on any atom is 2.00 e. The summed E-state index contributed by atoms with van der Waals surface area (Å²) in [4.78, 5) is 0. The van der Waals surface area contributed by atoms with Crippen molar-refractivity contribution in [2.24, 2.45) is 10.8 Å². The largest absolute Gasteiger partial charge is 2.00 e. The maximum atomic E-state index is 3.44. The molecule has 0 heterocycles. The minimum absolute atomic E-state index is 0. The van der Waals surface area contributed by atoms with Gasteiger partial charge in [0.05, 0.1) is 0 Å². The van der Waals surface area contributed by atoms with Crippen molar-refractivity contribution in [1.29, 1.82) is 0 Å². The molecule has 0 saturated carbocycles. The second-order valence-corrected chi connectivity index (χ2v) is 7.25. The first-order valence-corrected chi connectivity index (χ1v) is 7.50. The monoisotopic (exact) mass is 334 g/mol. The van der Waals surface area contributed by atoms with Gasteiger partial charge in [-0.05, 0) is 0 Å². The maximum absolute atomic E-state index is 3.44. The van der Waals surface area contributed by atoms with Crippen molar-refractivity contribution in [2.75, 3.05) is 0 Å². The molecule has 0 aromatic heterocycles. The molecule has 0 aromatic rings. The van der Waals surface area contributed by atoms with Crippen LogP contribution in [0, 0.1) is 23.0 Å². The zero-order valence-corrected chi connectivity index (χ0v) is 18.7. The predicted molar refractivity (Wildman–Crippen MR) is 89.2 cm³/mol. The van der Waals surface area contributed by atoms with Gasteiger partial charge in [-0.15, -0.1) is 13.8 Å². The Bertz CT molecular complexity index is 484. The Morgan fingerprint density at radius 1 is 0.571 bits per heavy atom. The topological polar surface area (TPSA) is 0 Å². The molecule has 0 spiro atoms. The van der Waals surface area contributed by atoms with Gasteiger partial charge in [0, 0.05) is 0 Å². The number of rotatable bonds is 0. The van der Waals surface area contributed by atoms with Crippen LogP contribution in [0.15, 0.2) is 33.4 Å². The summed E-state index contributed by atoms with van der Waals surface area (Å²) in [5, 5.41) is 0. The van der Waals surface area contributed by atoms with Gasteiger partial charge >= 0.3 is 19.5 Å². The summed E-state index contributed by atoms with van der Waals surface area (Å²) in [6, 6.07) is 0. The van der Waals surface area contributed by atoms with Gasteiger partial charge in [0.25, 0.3) is 0 Å². The fourth-order valence-electron chi connectivity index (χ4n) is 2.81. The number of hydrogen-bond acceptors (Lipinski definition) is 0. The van der Waals surface area contributed by atoms with Crippen molar-refractivity contribution in [2.45, 2.75) is 69.2 Å². The van der Waals surface area contributed by atoms with Crippen LogP contribution in [0.2, 0.25) is 0 Å². The van der Waals surface area contributed by atoms with Crippen molar-refractivity contribution in [3.05, 3.63) is 45.6 Å². The minimum Gasteiger partial charge on any atom is -0.263 e. The molecule has 112 valence electrons. The van der Waals surface area contributed by atoms with Crippen LogP contribution in [-0.2, 0) is 19.5 Å². The second kappa shape index (κ2) is 6.78. The van der Waals surface area contributed by atoms with E-state index in [1.165, 1.54) is 33.4 Å². The molecule has 0 aromatic carbocycles. The van der Waals surface area contributed by atoms with Crippen LogP contribution in [0.5, 0.6) is 0 Å². The third-order valence-electron chi connectivity index (χ3n) is 5.12. The van der Waals surface area contributed by atoms with E-state index in [4.69, 9.17) is 0 Å². The summed E-state index contributed by atoms with van der Waals surface area (Å²) in [6.45, 7) is 21.8. The average molecular weight is 336 g/mol. The van der Waals surface area contributed by atoms with Gasteiger partial charge in [-0.2, -0.15) is 22.3 Å². The molecule has 0 radical (unpaired) electrons. The Balaban J connectivity index is 0.000000364. The molecule has 0 atom stereocenters. The first kappa shape index (κ1) is 20.6. The Labute approximate surface area is 145 Å².